The topological polar surface area (TPSA) is 57.6 Å². The van der Waals surface area contributed by atoms with Gasteiger partial charge in [-0.15, -0.1) is 0 Å². The Hall–Kier alpha value is -1.06. The molecule has 0 heterocycles. The van der Waals surface area contributed by atoms with Crippen molar-refractivity contribution in [1.29, 1.82) is 0 Å². The number of hydrogen-bond acceptors (Lipinski definition) is 2. The molecule has 0 bridgehead atoms. The Balaban J connectivity index is 1.93. The van der Waals surface area contributed by atoms with Crippen LogP contribution in [0.25, 0.3) is 0 Å². The van der Waals surface area contributed by atoms with Crippen molar-refractivity contribution in [3.8, 4) is 0 Å². The zero-order chi connectivity index (χ0) is 12.4. The predicted octanol–water partition coefficient (Wildman–Crippen LogP) is 1.89. The van der Waals surface area contributed by atoms with Crippen molar-refractivity contribution in [2.75, 3.05) is 6.54 Å². The first-order chi connectivity index (χ1) is 8.08. The highest BCUT2D eigenvalue weighted by Gasteiger charge is 2.37. The summed E-state index contributed by atoms with van der Waals surface area (Å²) in [6.45, 7) is 2.10. The molecule has 0 aromatic rings. The number of amides is 1. The van der Waals surface area contributed by atoms with Crippen LogP contribution in [0.4, 0.5) is 0 Å². The molecule has 2 saturated carbocycles. The summed E-state index contributed by atoms with van der Waals surface area (Å²) in [7, 11) is 0. The third kappa shape index (κ3) is 3.20. The van der Waals surface area contributed by atoms with Gasteiger partial charge < -0.3 is 10.0 Å². The third-order valence-electron chi connectivity index (χ3n) is 3.94. The van der Waals surface area contributed by atoms with Gasteiger partial charge in [-0.1, -0.05) is 6.92 Å². The minimum atomic E-state index is -0.894. The van der Waals surface area contributed by atoms with E-state index in [-0.39, 0.29) is 24.4 Å². The molecule has 0 saturated heterocycles. The van der Waals surface area contributed by atoms with Gasteiger partial charge in [-0.3, -0.25) is 9.59 Å². The Kier molecular flexibility index (Phi) is 3.69. The molecule has 96 valence electrons. The normalized spacial score (nSPS) is 28.8. The van der Waals surface area contributed by atoms with Crippen molar-refractivity contribution >= 4 is 11.9 Å². The van der Waals surface area contributed by atoms with Gasteiger partial charge in [0.25, 0.3) is 0 Å². The summed E-state index contributed by atoms with van der Waals surface area (Å²) in [6.07, 6.45) is 6.01. The lowest BCUT2D eigenvalue weighted by molar-refractivity contribution is -0.147. The van der Waals surface area contributed by atoms with E-state index in [1.807, 2.05) is 0 Å². The van der Waals surface area contributed by atoms with Crippen LogP contribution in [0.3, 0.4) is 0 Å². The molecule has 4 heteroatoms. The Bertz CT molecular complexity index is 304. The third-order valence-corrected chi connectivity index (χ3v) is 3.94. The van der Waals surface area contributed by atoms with Gasteiger partial charge in [0.2, 0.25) is 5.91 Å². The monoisotopic (exact) mass is 239 g/mol. The molecule has 1 amide bonds. The lowest BCUT2D eigenvalue weighted by Gasteiger charge is -2.30. The van der Waals surface area contributed by atoms with E-state index in [1.54, 1.807) is 4.90 Å². The molecular formula is C13H21NO3. The van der Waals surface area contributed by atoms with Gasteiger partial charge in [-0.25, -0.2) is 0 Å². The van der Waals surface area contributed by atoms with Crippen LogP contribution in [0.1, 0.15) is 45.4 Å². The van der Waals surface area contributed by atoms with Gasteiger partial charge in [0.1, 0.15) is 6.54 Å². The molecule has 17 heavy (non-hydrogen) atoms. The second kappa shape index (κ2) is 5.07. The van der Waals surface area contributed by atoms with Gasteiger partial charge in [0.05, 0.1) is 0 Å². The first kappa shape index (κ1) is 12.4. The minimum absolute atomic E-state index is 0.0751. The molecule has 0 spiro atoms. The van der Waals surface area contributed by atoms with Gasteiger partial charge >= 0.3 is 5.97 Å². The van der Waals surface area contributed by atoms with Gasteiger partial charge in [-0.2, -0.15) is 0 Å². The van der Waals surface area contributed by atoms with Crippen LogP contribution in [-0.4, -0.2) is 34.5 Å². The highest BCUT2D eigenvalue weighted by Crippen LogP contribution is 2.33. The maximum absolute atomic E-state index is 12.3. The lowest BCUT2D eigenvalue weighted by Crippen LogP contribution is -2.42. The SMILES string of the molecule is CC1CCC(C(=O)N(CC(=O)O)C2CC2)CC1. The summed E-state index contributed by atoms with van der Waals surface area (Å²) in [4.78, 5) is 24.7. The fraction of sp³-hybridized carbons (Fsp3) is 0.846. The zero-order valence-electron chi connectivity index (χ0n) is 10.4. The summed E-state index contributed by atoms with van der Waals surface area (Å²) in [6, 6.07) is 0.206. The van der Waals surface area contributed by atoms with Crippen molar-refractivity contribution in [3.63, 3.8) is 0 Å². The molecule has 2 rings (SSSR count). The summed E-state index contributed by atoms with van der Waals surface area (Å²) >= 11 is 0. The molecule has 0 aliphatic heterocycles. The second-order valence-corrected chi connectivity index (χ2v) is 5.55. The largest absolute Gasteiger partial charge is 0.480 e. The van der Waals surface area contributed by atoms with E-state index < -0.39 is 5.97 Å². The molecule has 0 aromatic carbocycles. The van der Waals surface area contributed by atoms with Crippen LogP contribution in [0.2, 0.25) is 0 Å². The van der Waals surface area contributed by atoms with E-state index >= 15 is 0 Å². The molecule has 0 radical (unpaired) electrons. The Morgan fingerprint density at radius 1 is 1.12 bits per heavy atom. The standard InChI is InChI=1S/C13H21NO3/c1-9-2-4-10(5-3-9)13(17)14(8-12(15)16)11-6-7-11/h9-11H,2-8H2,1H3,(H,15,16). The van der Waals surface area contributed by atoms with E-state index in [4.69, 9.17) is 5.11 Å². The average Bonchev–Trinajstić information content (AvgIpc) is 3.09. The van der Waals surface area contributed by atoms with Crippen molar-refractivity contribution in [2.24, 2.45) is 11.8 Å². The van der Waals surface area contributed by atoms with E-state index in [2.05, 4.69) is 6.92 Å². The smallest absolute Gasteiger partial charge is 0.323 e. The maximum atomic E-state index is 12.3. The zero-order valence-corrected chi connectivity index (χ0v) is 10.4. The summed E-state index contributed by atoms with van der Waals surface area (Å²) in [5, 5.41) is 8.86. The molecular weight excluding hydrogens is 218 g/mol. The number of rotatable bonds is 4. The fourth-order valence-corrected chi connectivity index (χ4v) is 2.66. The van der Waals surface area contributed by atoms with Gasteiger partial charge in [0, 0.05) is 12.0 Å². The summed E-state index contributed by atoms with van der Waals surface area (Å²) < 4.78 is 0. The van der Waals surface area contributed by atoms with Crippen LogP contribution in [0.5, 0.6) is 0 Å². The molecule has 0 aromatic heterocycles. The Morgan fingerprint density at radius 2 is 1.71 bits per heavy atom. The fourth-order valence-electron chi connectivity index (χ4n) is 2.66. The molecule has 2 aliphatic rings. The molecule has 0 unspecified atom stereocenters. The number of carbonyl (C=O) groups excluding carboxylic acids is 1. The van der Waals surface area contributed by atoms with Crippen molar-refractivity contribution in [3.05, 3.63) is 0 Å². The van der Waals surface area contributed by atoms with Gasteiger partial charge in [-0.05, 0) is 44.4 Å². The number of nitrogens with zero attached hydrogens (tertiary/aromatic N) is 1. The van der Waals surface area contributed by atoms with Crippen molar-refractivity contribution in [2.45, 2.75) is 51.5 Å². The van der Waals surface area contributed by atoms with Crippen LogP contribution in [-0.2, 0) is 9.59 Å². The van der Waals surface area contributed by atoms with Crippen LogP contribution in [0.15, 0.2) is 0 Å². The minimum Gasteiger partial charge on any atom is -0.480 e. The number of carboxylic acid groups (broad SMARTS) is 1. The molecule has 2 aliphatic carbocycles. The van der Waals surface area contributed by atoms with E-state index in [0.29, 0.717) is 5.92 Å². The van der Waals surface area contributed by atoms with Crippen LogP contribution < -0.4 is 0 Å². The van der Waals surface area contributed by atoms with Gasteiger partial charge in [0.15, 0.2) is 0 Å². The van der Waals surface area contributed by atoms with E-state index in [1.165, 1.54) is 0 Å². The quantitative estimate of drug-likeness (QED) is 0.815. The first-order valence-electron chi connectivity index (χ1n) is 6.60. The summed E-state index contributed by atoms with van der Waals surface area (Å²) in [5.74, 6) is -0.0183. The maximum Gasteiger partial charge on any atom is 0.323 e. The van der Waals surface area contributed by atoms with Crippen molar-refractivity contribution in [1.82, 2.24) is 4.90 Å². The number of aliphatic carboxylic acids is 1. The summed E-state index contributed by atoms with van der Waals surface area (Å²) in [5.41, 5.74) is 0. The number of hydrogen-bond donors (Lipinski definition) is 1. The second-order valence-electron chi connectivity index (χ2n) is 5.55. The first-order valence-corrected chi connectivity index (χ1v) is 6.60. The Morgan fingerprint density at radius 3 is 2.18 bits per heavy atom. The molecule has 2 fully saturated rings. The van der Waals surface area contributed by atoms with E-state index in [9.17, 15) is 9.59 Å². The average molecular weight is 239 g/mol. The predicted molar refractivity (Wildman–Crippen MR) is 63.5 cm³/mol. The van der Waals surface area contributed by atoms with Crippen molar-refractivity contribution < 1.29 is 14.7 Å². The Labute approximate surface area is 102 Å². The van der Waals surface area contributed by atoms with E-state index in [0.717, 1.165) is 38.5 Å². The van der Waals surface area contributed by atoms with Crippen LogP contribution >= 0.6 is 0 Å². The highest BCUT2D eigenvalue weighted by molar-refractivity contribution is 5.83. The highest BCUT2D eigenvalue weighted by atomic mass is 16.4. The number of carbonyl (C=O) groups is 2. The van der Waals surface area contributed by atoms with Crippen LogP contribution in [0, 0.1) is 11.8 Å². The lowest BCUT2D eigenvalue weighted by atomic mass is 9.82. The number of carboxylic acids is 1. The molecule has 0 atom stereocenters. The molecule has 4 nitrogen and oxygen atoms in total. The molecule has 1 N–H and O–H groups in total.